The lowest BCUT2D eigenvalue weighted by atomic mass is 9.85. The molecule has 4 heteroatoms. The molecular weight excluding hydrogens is 256 g/mol. The maximum atomic E-state index is 12.9. The first-order chi connectivity index (χ1) is 9.75. The Morgan fingerprint density at radius 3 is 2.85 bits per heavy atom. The maximum Gasteiger partial charge on any atom is 0.194 e. The zero-order chi connectivity index (χ0) is 14.0. The van der Waals surface area contributed by atoms with Crippen molar-refractivity contribution in [1.82, 2.24) is 0 Å². The minimum atomic E-state index is -0.708. The smallest absolute Gasteiger partial charge is 0.194 e. The standard InChI is InChI=1S/C16H20O4/c1-2-20-16(6-9-18-10-7-16)15(17)13-3-4-14-12(11-13)5-8-19-14/h3-4,11H,2,5-10H2,1H3. The van der Waals surface area contributed by atoms with Crippen LogP contribution in [0.15, 0.2) is 18.2 Å². The molecular formula is C16H20O4. The monoisotopic (exact) mass is 276 g/mol. The second-order valence-electron chi connectivity index (χ2n) is 5.29. The lowest BCUT2D eigenvalue weighted by molar-refractivity contribution is -0.0822. The second-order valence-corrected chi connectivity index (χ2v) is 5.29. The van der Waals surface area contributed by atoms with E-state index in [0.29, 0.717) is 39.3 Å². The van der Waals surface area contributed by atoms with E-state index in [9.17, 15) is 4.79 Å². The molecule has 1 aromatic carbocycles. The van der Waals surface area contributed by atoms with Crippen LogP contribution >= 0.6 is 0 Å². The first-order valence-electron chi connectivity index (χ1n) is 7.27. The Kier molecular flexibility index (Phi) is 3.76. The second kappa shape index (κ2) is 5.54. The van der Waals surface area contributed by atoms with Gasteiger partial charge in [0.2, 0.25) is 0 Å². The van der Waals surface area contributed by atoms with Crippen molar-refractivity contribution in [3.05, 3.63) is 29.3 Å². The molecule has 1 saturated heterocycles. The van der Waals surface area contributed by atoms with E-state index in [1.807, 2.05) is 25.1 Å². The first-order valence-corrected chi connectivity index (χ1v) is 7.27. The van der Waals surface area contributed by atoms with E-state index in [0.717, 1.165) is 23.3 Å². The number of fused-ring (bicyclic) bond motifs is 1. The highest BCUT2D eigenvalue weighted by Crippen LogP contribution is 2.32. The van der Waals surface area contributed by atoms with Crippen LogP contribution < -0.4 is 4.74 Å². The Morgan fingerprint density at radius 1 is 1.30 bits per heavy atom. The number of rotatable bonds is 4. The van der Waals surface area contributed by atoms with E-state index < -0.39 is 5.60 Å². The molecule has 2 heterocycles. The zero-order valence-electron chi connectivity index (χ0n) is 11.8. The Labute approximate surface area is 119 Å². The summed E-state index contributed by atoms with van der Waals surface area (Å²) in [6, 6.07) is 5.71. The highest BCUT2D eigenvalue weighted by atomic mass is 16.5. The van der Waals surface area contributed by atoms with Crippen LogP contribution in [0.4, 0.5) is 0 Å². The molecule has 0 bridgehead atoms. The summed E-state index contributed by atoms with van der Waals surface area (Å²) in [7, 11) is 0. The van der Waals surface area contributed by atoms with Gasteiger partial charge >= 0.3 is 0 Å². The molecule has 2 aliphatic rings. The van der Waals surface area contributed by atoms with Crippen LogP contribution in [0.1, 0.15) is 35.7 Å². The average Bonchev–Trinajstić information content (AvgIpc) is 2.95. The minimum Gasteiger partial charge on any atom is -0.493 e. The quantitative estimate of drug-likeness (QED) is 0.792. The van der Waals surface area contributed by atoms with Gasteiger partial charge in [0.25, 0.3) is 0 Å². The number of hydrogen-bond acceptors (Lipinski definition) is 4. The fourth-order valence-corrected chi connectivity index (χ4v) is 3.01. The van der Waals surface area contributed by atoms with Crippen molar-refractivity contribution >= 4 is 5.78 Å². The zero-order valence-corrected chi connectivity index (χ0v) is 11.8. The highest BCUT2D eigenvalue weighted by molar-refractivity contribution is 6.03. The number of Topliss-reactive ketones (excluding diaryl/α,β-unsaturated/α-hetero) is 1. The number of ketones is 1. The molecule has 0 aliphatic carbocycles. The van der Waals surface area contributed by atoms with Crippen LogP contribution in [0.25, 0.3) is 0 Å². The van der Waals surface area contributed by atoms with Gasteiger partial charge in [0, 0.05) is 44.6 Å². The summed E-state index contributed by atoms with van der Waals surface area (Å²) in [5.41, 5.74) is 1.14. The summed E-state index contributed by atoms with van der Waals surface area (Å²) in [5, 5.41) is 0. The van der Waals surface area contributed by atoms with Crippen molar-refractivity contribution in [2.45, 2.75) is 31.8 Å². The van der Waals surface area contributed by atoms with Crippen LogP contribution in [0.2, 0.25) is 0 Å². The number of carbonyl (C=O) groups excluding carboxylic acids is 1. The van der Waals surface area contributed by atoms with E-state index >= 15 is 0 Å². The molecule has 0 aromatic heterocycles. The fourth-order valence-electron chi connectivity index (χ4n) is 3.01. The molecule has 0 atom stereocenters. The van der Waals surface area contributed by atoms with Crippen molar-refractivity contribution in [3.8, 4) is 5.75 Å². The number of hydrogen-bond donors (Lipinski definition) is 0. The van der Waals surface area contributed by atoms with Crippen molar-refractivity contribution in [2.24, 2.45) is 0 Å². The topological polar surface area (TPSA) is 44.8 Å². The number of carbonyl (C=O) groups is 1. The average molecular weight is 276 g/mol. The van der Waals surface area contributed by atoms with Gasteiger partial charge in [0.1, 0.15) is 11.4 Å². The van der Waals surface area contributed by atoms with Crippen molar-refractivity contribution < 1.29 is 19.0 Å². The molecule has 1 fully saturated rings. The van der Waals surface area contributed by atoms with Crippen LogP contribution in [-0.4, -0.2) is 37.8 Å². The molecule has 0 saturated carbocycles. The summed E-state index contributed by atoms with van der Waals surface area (Å²) in [4.78, 5) is 12.9. The Hall–Kier alpha value is -1.39. The van der Waals surface area contributed by atoms with E-state index in [1.165, 1.54) is 0 Å². The van der Waals surface area contributed by atoms with Crippen LogP contribution in [-0.2, 0) is 15.9 Å². The molecule has 0 unspecified atom stereocenters. The molecule has 4 nitrogen and oxygen atoms in total. The summed E-state index contributed by atoms with van der Waals surface area (Å²) in [5.74, 6) is 0.983. The van der Waals surface area contributed by atoms with E-state index in [4.69, 9.17) is 14.2 Å². The maximum absolute atomic E-state index is 12.9. The van der Waals surface area contributed by atoms with Crippen molar-refractivity contribution in [1.29, 1.82) is 0 Å². The summed E-state index contributed by atoms with van der Waals surface area (Å²) < 4.78 is 16.7. The molecule has 1 aromatic rings. The molecule has 0 spiro atoms. The molecule has 0 N–H and O–H groups in total. The van der Waals surface area contributed by atoms with Gasteiger partial charge in [-0.3, -0.25) is 4.79 Å². The minimum absolute atomic E-state index is 0.0809. The highest BCUT2D eigenvalue weighted by Gasteiger charge is 2.41. The lowest BCUT2D eigenvalue weighted by Gasteiger charge is -2.35. The Balaban J connectivity index is 1.89. The summed E-state index contributed by atoms with van der Waals surface area (Å²) in [6.07, 6.45) is 2.14. The van der Waals surface area contributed by atoms with Crippen molar-refractivity contribution in [2.75, 3.05) is 26.4 Å². The van der Waals surface area contributed by atoms with Gasteiger partial charge in [-0.15, -0.1) is 0 Å². The number of ether oxygens (including phenoxy) is 3. The van der Waals surface area contributed by atoms with Gasteiger partial charge < -0.3 is 14.2 Å². The van der Waals surface area contributed by atoms with Crippen LogP contribution in [0.3, 0.4) is 0 Å². The molecule has 3 rings (SSSR count). The van der Waals surface area contributed by atoms with Gasteiger partial charge in [-0.2, -0.15) is 0 Å². The third-order valence-electron chi connectivity index (χ3n) is 4.09. The number of benzene rings is 1. The molecule has 2 aliphatic heterocycles. The Morgan fingerprint density at radius 2 is 2.10 bits per heavy atom. The lowest BCUT2D eigenvalue weighted by Crippen LogP contribution is -2.46. The third-order valence-corrected chi connectivity index (χ3v) is 4.09. The summed E-state index contributed by atoms with van der Waals surface area (Å²) in [6.45, 7) is 4.35. The van der Waals surface area contributed by atoms with E-state index in [-0.39, 0.29) is 5.78 Å². The van der Waals surface area contributed by atoms with Gasteiger partial charge in [0.05, 0.1) is 6.61 Å². The SMILES string of the molecule is CCOC1(C(=O)c2ccc3c(c2)CCO3)CCOCC1. The predicted molar refractivity (Wildman–Crippen MR) is 74.4 cm³/mol. The van der Waals surface area contributed by atoms with Crippen LogP contribution in [0, 0.1) is 0 Å². The van der Waals surface area contributed by atoms with Crippen LogP contribution in [0.5, 0.6) is 5.75 Å². The Bertz CT molecular complexity index is 498. The van der Waals surface area contributed by atoms with Gasteiger partial charge in [0.15, 0.2) is 5.78 Å². The molecule has 0 radical (unpaired) electrons. The fraction of sp³-hybridized carbons (Fsp3) is 0.562. The largest absolute Gasteiger partial charge is 0.493 e. The third kappa shape index (κ3) is 2.34. The predicted octanol–water partition coefficient (Wildman–Crippen LogP) is 2.39. The normalized spacial score (nSPS) is 20.2. The summed E-state index contributed by atoms with van der Waals surface area (Å²) >= 11 is 0. The van der Waals surface area contributed by atoms with E-state index in [1.54, 1.807) is 0 Å². The molecule has 20 heavy (non-hydrogen) atoms. The van der Waals surface area contributed by atoms with Gasteiger partial charge in [-0.25, -0.2) is 0 Å². The molecule has 108 valence electrons. The molecule has 0 amide bonds. The van der Waals surface area contributed by atoms with Gasteiger partial charge in [-0.1, -0.05) is 0 Å². The first kappa shape index (κ1) is 13.6. The van der Waals surface area contributed by atoms with Gasteiger partial charge in [-0.05, 0) is 30.7 Å². The van der Waals surface area contributed by atoms with E-state index in [2.05, 4.69) is 0 Å². The van der Waals surface area contributed by atoms with Crippen molar-refractivity contribution in [3.63, 3.8) is 0 Å².